The van der Waals surface area contributed by atoms with Gasteiger partial charge in [0.25, 0.3) is 0 Å². The lowest BCUT2D eigenvalue weighted by atomic mass is 10.1. The number of hydrogen-bond donors (Lipinski definition) is 1. The van der Waals surface area contributed by atoms with Gasteiger partial charge in [0.05, 0.1) is 17.9 Å². The topological polar surface area (TPSA) is 58.6 Å². The van der Waals surface area contributed by atoms with Crippen molar-refractivity contribution in [3.63, 3.8) is 0 Å². The molecule has 0 aliphatic carbocycles. The number of nitrogens with zero attached hydrogens (tertiary/aromatic N) is 2. The van der Waals surface area contributed by atoms with E-state index in [9.17, 15) is 4.79 Å². The standard InChI is InChI=1S/C8H7N3O/c1-5(12)6-2-9-4-8-7(6)3-10-11-8/h2-4H,1H3,(H,10,11). The summed E-state index contributed by atoms with van der Waals surface area (Å²) in [5.74, 6) is 0.00880. The maximum atomic E-state index is 11.1. The largest absolute Gasteiger partial charge is 0.294 e. The first-order valence-corrected chi connectivity index (χ1v) is 3.57. The molecule has 2 rings (SSSR count). The zero-order valence-electron chi connectivity index (χ0n) is 6.53. The Morgan fingerprint density at radius 1 is 1.42 bits per heavy atom. The number of H-pyrrole nitrogens is 1. The summed E-state index contributed by atoms with van der Waals surface area (Å²) in [7, 11) is 0. The summed E-state index contributed by atoms with van der Waals surface area (Å²) >= 11 is 0. The molecule has 1 N–H and O–H groups in total. The Morgan fingerprint density at radius 3 is 3.00 bits per heavy atom. The molecule has 0 saturated carbocycles. The fourth-order valence-electron chi connectivity index (χ4n) is 1.15. The molecule has 12 heavy (non-hydrogen) atoms. The summed E-state index contributed by atoms with van der Waals surface area (Å²) in [6.45, 7) is 1.52. The molecule has 0 saturated heterocycles. The van der Waals surface area contributed by atoms with Crippen LogP contribution in [-0.2, 0) is 0 Å². The fourth-order valence-corrected chi connectivity index (χ4v) is 1.15. The zero-order chi connectivity index (χ0) is 8.55. The van der Waals surface area contributed by atoms with Crippen molar-refractivity contribution in [1.82, 2.24) is 15.2 Å². The zero-order valence-corrected chi connectivity index (χ0v) is 6.53. The molecule has 2 heterocycles. The van der Waals surface area contributed by atoms with Crippen LogP contribution < -0.4 is 0 Å². The highest BCUT2D eigenvalue weighted by molar-refractivity contribution is 6.05. The summed E-state index contributed by atoms with van der Waals surface area (Å²) in [6.07, 6.45) is 4.84. The smallest absolute Gasteiger partial charge is 0.162 e. The Kier molecular flexibility index (Phi) is 1.40. The van der Waals surface area contributed by atoms with Crippen molar-refractivity contribution in [2.24, 2.45) is 0 Å². The Labute approximate surface area is 68.6 Å². The van der Waals surface area contributed by atoms with E-state index in [1.165, 1.54) is 6.92 Å². The van der Waals surface area contributed by atoms with Crippen molar-refractivity contribution >= 4 is 16.7 Å². The molecule has 60 valence electrons. The first-order chi connectivity index (χ1) is 5.79. The van der Waals surface area contributed by atoms with Crippen LogP contribution in [-0.4, -0.2) is 21.0 Å². The number of aromatic amines is 1. The summed E-state index contributed by atoms with van der Waals surface area (Å²) in [6, 6.07) is 0. The second-order valence-electron chi connectivity index (χ2n) is 2.57. The number of carbonyl (C=O) groups excluding carboxylic acids is 1. The minimum absolute atomic E-state index is 0.00880. The Balaban J connectivity index is 2.82. The van der Waals surface area contributed by atoms with E-state index in [4.69, 9.17) is 0 Å². The molecule has 0 aliphatic rings. The van der Waals surface area contributed by atoms with Crippen molar-refractivity contribution in [2.75, 3.05) is 0 Å². The van der Waals surface area contributed by atoms with Gasteiger partial charge in [0, 0.05) is 17.1 Å². The van der Waals surface area contributed by atoms with E-state index in [1.807, 2.05) is 0 Å². The molecular weight excluding hydrogens is 154 g/mol. The highest BCUT2D eigenvalue weighted by Gasteiger charge is 2.06. The number of carbonyl (C=O) groups is 1. The number of Topliss-reactive ketones (excluding diaryl/α,β-unsaturated/α-hetero) is 1. The van der Waals surface area contributed by atoms with Gasteiger partial charge in [-0.15, -0.1) is 0 Å². The average molecular weight is 161 g/mol. The number of nitrogens with one attached hydrogen (secondary N) is 1. The van der Waals surface area contributed by atoms with Crippen LogP contribution in [0.3, 0.4) is 0 Å². The molecule has 4 heteroatoms. The summed E-state index contributed by atoms with van der Waals surface area (Å²) in [5.41, 5.74) is 1.41. The van der Waals surface area contributed by atoms with Crippen LogP contribution in [0.15, 0.2) is 18.6 Å². The van der Waals surface area contributed by atoms with Gasteiger partial charge in [-0.3, -0.25) is 14.9 Å². The predicted molar refractivity (Wildman–Crippen MR) is 43.9 cm³/mol. The first kappa shape index (κ1) is 6.97. The molecule has 0 atom stereocenters. The molecule has 0 radical (unpaired) electrons. The van der Waals surface area contributed by atoms with Gasteiger partial charge in [0.15, 0.2) is 5.78 Å². The second-order valence-corrected chi connectivity index (χ2v) is 2.57. The molecule has 0 spiro atoms. The Bertz CT molecular complexity index is 433. The molecule has 2 aromatic rings. The van der Waals surface area contributed by atoms with Crippen LogP contribution in [0, 0.1) is 0 Å². The average Bonchev–Trinajstić information content (AvgIpc) is 2.49. The van der Waals surface area contributed by atoms with E-state index in [1.54, 1.807) is 18.6 Å². The Morgan fingerprint density at radius 2 is 2.25 bits per heavy atom. The minimum Gasteiger partial charge on any atom is -0.294 e. The number of hydrogen-bond acceptors (Lipinski definition) is 3. The normalized spacial score (nSPS) is 10.4. The number of rotatable bonds is 1. The van der Waals surface area contributed by atoms with Crippen LogP contribution in [0.1, 0.15) is 17.3 Å². The summed E-state index contributed by atoms with van der Waals surface area (Å²) in [5, 5.41) is 7.41. The highest BCUT2D eigenvalue weighted by atomic mass is 16.1. The van der Waals surface area contributed by atoms with Gasteiger partial charge >= 0.3 is 0 Å². The van der Waals surface area contributed by atoms with E-state index in [2.05, 4.69) is 15.2 Å². The van der Waals surface area contributed by atoms with Gasteiger partial charge in [-0.05, 0) is 6.92 Å². The first-order valence-electron chi connectivity index (χ1n) is 3.57. The number of pyridine rings is 1. The maximum absolute atomic E-state index is 11.1. The van der Waals surface area contributed by atoms with E-state index in [-0.39, 0.29) is 5.78 Å². The van der Waals surface area contributed by atoms with Gasteiger partial charge in [-0.25, -0.2) is 0 Å². The van der Waals surface area contributed by atoms with Gasteiger partial charge in [-0.1, -0.05) is 0 Å². The molecule has 0 unspecified atom stereocenters. The van der Waals surface area contributed by atoms with Crippen molar-refractivity contribution in [3.8, 4) is 0 Å². The number of ketones is 1. The molecule has 0 aromatic carbocycles. The summed E-state index contributed by atoms with van der Waals surface area (Å²) in [4.78, 5) is 15.0. The second kappa shape index (κ2) is 2.41. The molecule has 0 bridgehead atoms. The van der Waals surface area contributed by atoms with E-state index >= 15 is 0 Å². The lowest BCUT2D eigenvalue weighted by Gasteiger charge is -1.94. The fraction of sp³-hybridized carbons (Fsp3) is 0.125. The van der Waals surface area contributed by atoms with Crippen LogP contribution in [0.2, 0.25) is 0 Å². The van der Waals surface area contributed by atoms with Gasteiger partial charge in [0.2, 0.25) is 0 Å². The third-order valence-electron chi connectivity index (χ3n) is 1.75. The van der Waals surface area contributed by atoms with Crippen molar-refractivity contribution in [3.05, 3.63) is 24.2 Å². The van der Waals surface area contributed by atoms with Crippen molar-refractivity contribution < 1.29 is 4.79 Å². The Hall–Kier alpha value is -1.71. The molecule has 0 amide bonds. The lowest BCUT2D eigenvalue weighted by Crippen LogP contribution is -1.93. The molecule has 4 nitrogen and oxygen atoms in total. The molecule has 2 aromatic heterocycles. The van der Waals surface area contributed by atoms with Crippen LogP contribution in [0.5, 0.6) is 0 Å². The van der Waals surface area contributed by atoms with Crippen molar-refractivity contribution in [1.29, 1.82) is 0 Å². The maximum Gasteiger partial charge on any atom is 0.162 e. The van der Waals surface area contributed by atoms with Crippen LogP contribution in [0.25, 0.3) is 10.9 Å². The minimum atomic E-state index is 0.00880. The number of fused-ring (bicyclic) bond motifs is 1. The third kappa shape index (κ3) is 0.887. The third-order valence-corrected chi connectivity index (χ3v) is 1.75. The number of aromatic nitrogens is 3. The molecular formula is C8H7N3O. The molecule has 0 fully saturated rings. The van der Waals surface area contributed by atoms with Gasteiger partial charge < -0.3 is 0 Å². The van der Waals surface area contributed by atoms with Crippen LogP contribution in [0.4, 0.5) is 0 Å². The highest BCUT2D eigenvalue weighted by Crippen LogP contribution is 2.14. The SMILES string of the molecule is CC(=O)c1cncc2[nH]ncc12. The summed E-state index contributed by atoms with van der Waals surface area (Å²) < 4.78 is 0. The quantitative estimate of drug-likeness (QED) is 0.638. The van der Waals surface area contributed by atoms with Gasteiger partial charge in [-0.2, -0.15) is 5.10 Å². The van der Waals surface area contributed by atoms with E-state index < -0.39 is 0 Å². The van der Waals surface area contributed by atoms with E-state index in [0.717, 1.165) is 10.9 Å². The van der Waals surface area contributed by atoms with Crippen LogP contribution >= 0.6 is 0 Å². The monoisotopic (exact) mass is 161 g/mol. The van der Waals surface area contributed by atoms with Gasteiger partial charge in [0.1, 0.15) is 0 Å². The lowest BCUT2D eigenvalue weighted by molar-refractivity contribution is 0.101. The molecule has 0 aliphatic heterocycles. The van der Waals surface area contributed by atoms with Crippen molar-refractivity contribution in [2.45, 2.75) is 6.92 Å². The predicted octanol–water partition coefficient (Wildman–Crippen LogP) is 1.16. The van der Waals surface area contributed by atoms with E-state index in [0.29, 0.717) is 5.56 Å².